The number of carbonyl (C=O) groups is 1. The lowest BCUT2D eigenvalue weighted by molar-refractivity contribution is -0.301. The molecule has 1 fully saturated rings. The van der Waals surface area contributed by atoms with Crippen LogP contribution >= 0.6 is 0 Å². The Labute approximate surface area is 352 Å². The number of rotatable bonds is 40. The number of ether oxygens (including phenoxy) is 4. The van der Waals surface area contributed by atoms with Gasteiger partial charge in [0, 0.05) is 13.0 Å². The number of allylic oxidation sites excluding steroid dienone is 4. The van der Waals surface area contributed by atoms with Crippen molar-refractivity contribution in [3.05, 3.63) is 24.3 Å². The summed E-state index contributed by atoms with van der Waals surface area (Å²) in [6, 6.07) is 0. The van der Waals surface area contributed by atoms with E-state index in [1.807, 2.05) is 0 Å². The van der Waals surface area contributed by atoms with Gasteiger partial charge < -0.3 is 34.3 Å². The highest BCUT2D eigenvalue weighted by atomic mass is 32.3. The van der Waals surface area contributed by atoms with Gasteiger partial charge >= 0.3 is 16.4 Å². The Morgan fingerprint density at radius 2 is 1.14 bits per heavy atom. The number of hydrogen-bond donors (Lipinski definition) is 4. The summed E-state index contributed by atoms with van der Waals surface area (Å²) in [7, 11) is -5.06. The van der Waals surface area contributed by atoms with Crippen LogP contribution in [0.2, 0.25) is 0 Å². The van der Waals surface area contributed by atoms with Crippen LogP contribution in [0.3, 0.4) is 0 Å². The van der Waals surface area contributed by atoms with E-state index in [4.69, 9.17) is 23.5 Å². The van der Waals surface area contributed by atoms with Crippen LogP contribution in [-0.4, -0.2) is 97.5 Å². The fourth-order valence-electron chi connectivity index (χ4n) is 7.06. The van der Waals surface area contributed by atoms with Crippen LogP contribution in [-0.2, 0) is 38.3 Å². The molecule has 0 spiro atoms. The summed E-state index contributed by atoms with van der Waals surface area (Å²) >= 11 is 0. The standard InChI is InChI=1S/C45H84O12S/c1-3-5-7-9-11-13-15-17-18-19-20-21-22-23-25-27-29-31-33-35-53-37-39(55-41(47)34-32-30-28-26-24-16-14-12-10-8-6-4-2)38-54-45-43(49)44(57-58(50,51)52)42(48)40(36-46)56-45/h13,15,18-19,39-40,42-46,48-49H,3-12,14,16-17,20-38H2,1-2H3,(H,50,51,52)/b15-13-,19-18-. The van der Waals surface area contributed by atoms with Crippen LogP contribution in [0.1, 0.15) is 194 Å². The maximum absolute atomic E-state index is 12.8. The molecule has 1 aliphatic heterocycles. The van der Waals surface area contributed by atoms with E-state index in [0.29, 0.717) is 13.0 Å². The second kappa shape index (κ2) is 37.4. The molecular weight excluding hydrogens is 765 g/mol. The summed E-state index contributed by atoms with van der Waals surface area (Å²) in [5, 5.41) is 30.6. The average Bonchev–Trinajstić information content (AvgIpc) is 3.19. The lowest BCUT2D eigenvalue weighted by atomic mass is 9.99. The topological polar surface area (TPSA) is 178 Å². The highest BCUT2D eigenvalue weighted by Gasteiger charge is 2.48. The molecule has 1 heterocycles. The quantitative estimate of drug-likeness (QED) is 0.0199. The molecule has 0 saturated carbocycles. The normalized spacial score (nSPS) is 20.7. The number of esters is 1. The minimum Gasteiger partial charge on any atom is -0.457 e. The van der Waals surface area contributed by atoms with Crippen molar-refractivity contribution in [1.29, 1.82) is 0 Å². The zero-order chi connectivity index (χ0) is 42.5. The van der Waals surface area contributed by atoms with E-state index < -0.39 is 59.8 Å². The molecule has 4 N–H and O–H groups in total. The van der Waals surface area contributed by atoms with Crippen molar-refractivity contribution in [3.8, 4) is 0 Å². The number of aliphatic hydroxyl groups is 3. The van der Waals surface area contributed by atoms with Crippen molar-refractivity contribution in [2.75, 3.05) is 26.4 Å². The van der Waals surface area contributed by atoms with Gasteiger partial charge in [-0.3, -0.25) is 9.35 Å². The van der Waals surface area contributed by atoms with Gasteiger partial charge in [0.15, 0.2) is 6.29 Å². The predicted molar refractivity (Wildman–Crippen MR) is 230 cm³/mol. The molecule has 0 aromatic carbocycles. The molecule has 0 radical (unpaired) electrons. The molecule has 0 amide bonds. The van der Waals surface area contributed by atoms with Crippen LogP contribution in [0.4, 0.5) is 0 Å². The summed E-state index contributed by atoms with van der Waals surface area (Å²) < 4.78 is 59.0. The fraction of sp³-hybridized carbons (Fsp3) is 0.889. The van der Waals surface area contributed by atoms with Gasteiger partial charge in [-0.15, -0.1) is 0 Å². The van der Waals surface area contributed by atoms with Gasteiger partial charge in [0.25, 0.3) is 0 Å². The van der Waals surface area contributed by atoms with Crippen LogP contribution < -0.4 is 0 Å². The first-order chi connectivity index (χ1) is 28.1. The Morgan fingerprint density at radius 3 is 1.66 bits per heavy atom. The van der Waals surface area contributed by atoms with Gasteiger partial charge in [-0.1, -0.05) is 167 Å². The van der Waals surface area contributed by atoms with Gasteiger partial charge in [-0.25, -0.2) is 4.18 Å². The molecule has 0 aromatic heterocycles. The van der Waals surface area contributed by atoms with E-state index in [2.05, 4.69) is 42.3 Å². The van der Waals surface area contributed by atoms with E-state index in [0.717, 1.165) is 51.4 Å². The maximum atomic E-state index is 12.8. The van der Waals surface area contributed by atoms with Crippen molar-refractivity contribution in [3.63, 3.8) is 0 Å². The molecule has 58 heavy (non-hydrogen) atoms. The second-order valence-electron chi connectivity index (χ2n) is 16.0. The maximum Gasteiger partial charge on any atom is 0.397 e. The Morgan fingerprint density at radius 1 is 0.655 bits per heavy atom. The Hall–Kier alpha value is -1.42. The van der Waals surface area contributed by atoms with Crippen molar-refractivity contribution in [1.82, 2.24) is 0 Å². The molecule has 12 nitrogen and oxygen atoms in total. The first kappa shape index (κ1) is 54.6. The monoisotopic (exact) mass is 849 g/mol. The first-order valence-electron chi connectivity index (χ1n) is 23.1. The summed E-state index contributed by atoms with van der Waals surface area (Å²) in [5.41, 5.74) is 0. The van der Waals surface area contributed by atoms with Crippen LogP contribution in [0.15, 0.2) is 24.3 Å². The summed E-state index contributed by atoms with van der Waals surface area (Å²) in [5.74, 6) is -0.401. The van der Waals surface area contributed by atoms with Crippen molar-refractivity contribution in [2.24, 2.45) is 0 Å². The smallest absolute Gasteiger partial charge is 0.397 e. The van der Waals surface area contributed by atoms with E-state index in [1.54, 1.807) is 0 Å². The van der Waals surface area contributed by atoms with Crippen molar-refractivity contribution in [2.45, 2.75) is 230 Å². The molecule has 6 atom stereocenters. The molecule has 342 valence electrons. The largest absolute Gasteiger partial charge is 0.457 e. The van der Waals surface area contributed by atoms with Gasteiger partial charge in [-0.2, -0.15) is 8.42 Å². The third-order valence-electron chi connectivity index (χ3n) is 10.6. The molecule has 13 heteroatoms. The Balaban J connectivity index is 2.40. The minimum absolute atomic E-state index is 0.0355. The van der Waals surface area contributed by atoms with E-state index in [-0.39, 0.29) is 19.6 Å². The minimum atomic E-state index is -5.06. The molecule has 6 unspecified atom stereocenters. The van der Waals surface area contributed by atoms with Gasteiger partial charge in [0.05, 0.1) is 19.8 Å². The van der Waals surface area contributed by atoms with Gasteiger partial charge in [0.1, 0.15) is 30.5 Å². The lowest BCUT2D eigenvalue weighted by Crippen LogP contribution is -2.60. The van der Waals surface area contributed by atoms with Crippen molar-refractivity contribution >= 4 is 16.4 Å². The molecule has 0 aliphatic carbocycles. The second-order valence-corrected chi connectivity index (χ2v) is 17.0. The number of hydrogen-bond acceptors (Lipinski definition) is 11. The summed E-state index contributed by atoms with van der Waals surface area (Å²) in [4.78, 5) is 12.8. The molecule has 0 aromatic rings. The fourth-order valence-corrected chi connectivity index (χ4v) is 7.56. The third kappa shape index (κ3) is 30.6. The lowest BCUT2D eigenvalue weighted by Gasteiger charge is -2.41. The molecule has 0 bridgehead atoms. The van der Waals surface area contributed by atoms with E-state index in [9.17, 15) is 28.5 Å². The zero-order valence-electron chi connectivity index (χ0n) is 36.4. The number of aliphatic hydroxyl groups excluding tert-OH is 3. The van der Waals surface area contributed by atoms with E-state index in [1.165, 1.54) is 116 Å². The average molecular weight is 849 g/mol. The highest BCUT2D eigenvalue weighted by Crippen LogP contribution is 2.26. The van der Waals surface area contributed by atoms with Crippen LogP contribution in [0.5, 0.6) is 0 Å². The number of carbonyl (C=O) groups excluding carboxylic acids is 1. The molecule has 1 aliphatic rings. The third-order valence-corrected chi connectivity index (χ3v) is 11.0. The molecule has 1 rings (SSSR count). The van der Waals surface area contributed by atoms with E-state index >= 15 is 0 Å². The summed E-state index contributed by atoms with van der Waals surface area (Å²) in [6.07, 6.45) is 32.1. The highest BCUT2D eigenvalue weighted by molar-refractivity contribution is 7.80. The molecular formula is C45H84O12S. The Bertz CT molecular complexity index is 1120. The summed E-state index contributed by atoms with van der Waals surface area (Å²) in [6.45, 7) is 3.97. The van der Waals surface area contributed by atoms with Crippen molar-refractivity contribution < 1.29 is 56.2 Å². The SMILES string of the molecule is CCCCCC/C=C\C/C=C\CCCCCCCCCCOCC(COC1OC(CO)C(O)C(OS(=O)(=O)O)C1O)OC(=O)CCCCCCCCCCCCCC. The Kier molecular flexibility index (Phi) is 35.2. The zero-order valence-corrected chi connectivity index (χ0v) is 37.2. The molecule has 1 saturated heterocycles. The number of unbranched alkanes of at least 4 members (excludes halogenated alkanes) is 23. The predicted octanol–water partition coefficient (Wildman–Crippen LogP) is 9.63. The van der Waals surface area contributed by atoms with Gasteiger partial charge in [0.2, 0.25) is 0 Å². The van der Waals surface area contributed by atoms with Crippen LogP contribution in [0, 0.1) is 0 Å². The first-order valence-corrected chi connectivity index (χ1v) is 24.5. The van der Waals surface area contributed by atoms with Crippen LogP contribution in [0.25, 0.3) is 0 Å². The van der Waals surface area contributed by atoms with Gasteiger partial charge in [-0.05, 0) is 44.9 Å².